The molecule has 478 valence electrons. The molecule has 0 aromatic rings. The molecule has 0 saturated heterocycles. The van der Waals surface area contributed by atoms with Gasteiger partial charge < -0.3 is 18.9 Å². The Bertz CT molecular complexity index is 1930. The van der Waals surface area contributed by atoms with Gasteiger partial charge in [0.1, 0.15) is 19.8 Å². The molecule has 0 fully saturated rings. The van der Waals surface area contributed by atoms with Gasteiger partial charge in [-0.25, -0.2) is 4.57 Å². The van der Waals surface area contributed by atoms with Gasteiger partial charge >= 0.3 is 19.8 Å². The Morgan fingerprint density at radius 2 is 0.643 bits per heavy atom. The minimum atomic E-state index is -4.41. The van der Waals surface area contributed by atoms with Crippen LogP contribution >= 0.6 is 7.82 Å². The molecular formula is C74H125NO8P+. The van der Waals surface area contributed by atoms with E-state index in [0.29, 0.717) is 23.9 Å². The van der Waals surface area contributed by atoms with Crippen LogP contribution in [0, 0.1) is 0 Å². The predicted octanol–water partition coefficient (Wildman–Crippen LogP) is 21.8. The summed E-state index contributed by atoms with van der Waals surface area (Å²) in [6.07, 6.45) is 93.7. The van der Waals surface area contributed by atoms with Gasteiger partial charge in [0.05, 0.1) is 27.7 Å². The van der Waals surface area contributed by atoms with E-state index in [1.54, 1.807) is 0 Å². The number of phosphoric acid groups is 1. The lowest BCUT2D eigenvalue weighted by atomic mass is 10.0. The second-order valence-electron chi connectivity index (χ2n) is 23.1. The summed E-state index contributed by atoms with van der Waals surface area (Å²) < 4.78 is 34.6. The van der Waals surface area contributed by atoms with Crippen molar-refractivity contribution in [1.82, 2.24) is 0 Å². The van der Waals surface area contributed by atoms with Gasteiger partial charge in [0, 0.05) is 12.8 Å². The number of allylic oxidation sites excluding steroid dienone is 24. The Labute approximate surface area is 516 Å². The van der Waals surface area contributed by atoms with Crippen molar-refractivity contribution in [1.29, 1.82) is 0 Å². The Morgan fingerprint density at radius 1 is 0.369 bits per heavy atom. The fraction of sp³-hybridized carbons (Fsp3) is 0.649. The van der Waals surface area contributed by atoms with Crippen LogP contribution in [0.5, 0.6) is 0 Å². The molecule has 0 saturated carbocycles. The Hall–Kier alpha value is -4.11. The van der Waals surface area contributed by atoms with Gasteiger partial charge in [-0.05, 0) is 116 Å². The molecule has 10 heteroatoms. The molecule has 0 aromatic heterocycles. The van der Waals surface area contributed by atoms with Crippen molar-refractivity contribution in [2.45, 2.75) is 264 Å². The quantitative estimate of drug-likeness (QED) is 0.0211. The number of nitrogens with zero attached hydrogens (tertiary/aromatic N) is 1. The van der Waals surface area contributed by atoms with E-state index in [-0.39, 0.29) is 26.1 Å². The lowest BCUT2D eigenvalue weighted by Crippen LogP contribution is -2.37. The summed E-state index contributed by atoms with van der Waals surface area (Å²) in [4.78, 5) is 35.8. The topological polar surface area (TPSA) is 108 Å². The minimum Gasteiger partial charge on any atom is -0.462 e. The molecule has 1 N–H and O–H groups in total. The third-order valence-electron chi connectivity index (χ3n) is 13.9. The van der Waals surface area contributed by atoms with Crippen LogP contribution in [0.3, 0.4) is 0 Å². The maximum Gasteiger partial charge on any atom is 0.472 e. The van der Waals surface area contributed by atoms with E-state index in [1.165, 1.54) is 96.3 Å². The van der Waals surface area contributed by atoms with Gasteiger partial charge in [0.15, 0.2) is 6.10 Å². The molecule has 0 spiro atoms. The van der Waals surface area contributed by atoms with E-state index in [9.17, 15) is 19.0 Å². The van der Waals surface area contributed by atoms with Crippen LogP contribution in [-0.2, 0) is 32.7 Å². The lowest BCUT2D eigenvalue weighted by Gasteiger charge is -2.24. The first-order valence-corrected chi connectivity index (χ1v) is 35.1. The van der Waals surface area contributed by atoms with E-state index >= 15 is 0 Å². The number of unbranched alkanes of at least 4 members (excludes halogenated alkanes) is 22. The fourth-order valence-electron chi connectivity index (χ4n) is 8.79. The van der Waals surface area contributed by atoms with Crippen molar-refractivity contribution in [2.75, 3.05) is 47.5 Å². The van der Waals surface area contributed by atoms with Crippen LogP contribution in [0.1, 0.15) is 258 Å². The maximum atomic E-state index is 12.9. The number of carbonyl (C=O) groups is 2. The molecule has 0 amide bonds. The lowest BCUT2D eigenvalue weighted by molar-refractivity contribution is -0.870. The van der Waals surface area contributed by atoms with Crippen molar-refractivity contribution >= 4 is 19.8 Å². The average molecular weight is 1190 g/mol. The first kappa shape index (κ1) is 79.9. The van der Waals surface area contributed by atoms with Gasteiger partial charge in [-0.15, -0.1) is 0 Å². The summed E-state index contributed by atoms with van der Waals surface area (Å²) in [5, 5.41) is 0. The molecule has 0 radical (unpaired) electrons. The van der Waals surface area contributed by atoms with Crippen LogP contribution in [0.15, 0.2) is 146 Å². The molecule has 0 aromatic carbocycles. The molecule has 0 aliphatic heterocycles. The first-order chi connectivity index (χ1) is 41.0. The highest BCUT2D eigenvalue weighted by Gasteiger charge is 2.27. The number of ether oxygens (including phenoxy) is 2. The summed E-state index contributed by atoms with van der Waals surface area (Å²) in [5.74, 6) is -0.829. The zero-order valence-corrected chi connectivity index (χ0v) is 55.2. The molecule has 2 unspecified atom stereocenters. The largest absolute Gasteiger partial charge is 0.472 e. The van der Waals surface area contributed by atoms with Crippen LogP contribution in [0.2, 0.25) is 0 Å². The number of likely N-dealkylation sites (N-methyl/N-ethyl adjacent to an activating group) is 1. The normalized spacial score (nSPS) is 14.1. The molecule has 0 aliphatic rings. The number of quaternary nitrogens is 1. The molecular weight excluding hydrogens is 1060 g/mol. The maximum absolute atomic E-state index is 12.9. The second-order valence-corrected chi connectivity index (χ2v) is 24.5. The Kier molecular flexibility index (Phi) is 60.3. The Morgan fingerprint density at radius 3 is 0.952 bits per heavy atom. The zero-order chi connectivity index (χ0) is 61.2. The number of phosphoric ester groups is 1. The van der Waals surface area contributed by atoms with Crippen LogP contribution in [-0.4, -0.2) is 74.9 Å². The van der Waals surface area contributed by atoms with Crippen molar-refractivity contribution in [3.05, 3.63) is 146 Å². The molecule has 0 aliphatic carbocycles. The molecule has 2 atom stereocenters. The predicted molar refractivity (Wildman–Crippen MR) is 362 cm³/mol. The number of hydrogen-bond acceptors (Lipinski definition) is 7. The number of rotatable bonds is 60. The van der Waals surface area contributed by atoms with Crippen molar-refractivity contribution in [3.8, 4) is 0 Å². The Balaban J connectivity index is 4.09. The standard InChI is InChI=1S/C74H124NO8P/c1-6-8-10-12-14-16-18-20-22-24-26-28-30-31-32-33-34-35-36-37-38-39-40-41-42-43-45-47-49-51-53-55-57-59-61-63-65-67-74(77)83-72(71-82-84(78,79)81-69-68-75(3,4)5)70-80-73(76)66-64-62-60-58-56-54-52-50-48-46-44-29-27-25-23-21-19-17-15-13-11-9-7-2/h8-11,14-17,20-23,26-29,31-32,34-35,46,48,52,54,72H,6-7,12-13,18-19,24-25,30,33,36-45,47,49-51,53,55-71H2,1-5H3/p+1/b10-8-,11-9-,16-14-,17-15-,22-20-,23-21-,28-26-,29-27-,32-31-,35-34-,48-46-,54-52-. The van der Waals surface area contributed by atoms with Gasteiger partial charge in [0.2, 0.25) is 0 Å². The highest BCUT2D eigenvalue weighted by atomic mass is 31.2. The first-order valence-electron chi connectivity index (χ1n) is 33.6. The van der Waals surface area contributed by atoms with E-state index in [1.807, 2.05) is 21.1 Å². The van der Waals surface area contributed by atoms with Crippen LogP contribution in [0.25, 0.3) is 0 Å². The van der Waals surface area contributed by atoms with Crippen molar-refractivity contribution in [3.63, 3.8) is 0 Å². The third kappa shape index (κ3) is 67.0. The third-order valence-corrected chi connectivity index (χ3v) is 14.8. The molecule has 84 heavy (non-hydrogen) atoms. The van der Waals surface area contributed by atoms with Crippen molar-refractivity contribution < 1.29 is 42.1 Å². The molecule has 0 bridgehead atoms. The number of hydrogen-bond donors (Lipinski definition) is 1. The SMILES string of the molecule is CC/C=C\C/C=C\C/C=C\C/C=C\C/C=C\C/C=C\CCCCCCCCCCCCCCCCCCCCC(=O)OC(COC(=O)CCCCCC/C=C\C/C=C\C/C=C\C/C=C\C/C=C\C/C=C\CC)COP(=O)(O)OCC[N+](C)(C)C. The monoisotopic (exact) mass is 1190 g/mol. The highest BCUT2D eigenvalue weighted by Crippen LogP contribution is 2.43. The summed E-state index contributed by atoms with van der Waals surface area (Å²) in [6, 6.07) is 0. The summed E-state index contributed by atoms with van der Waals surface area (Å²) in [7, 11) is 1.45. The second kappa shape index (κ2) is 63.4. The minimum absolute atomic E-state index is 0.0210. The van der Waals surface area contributed by atoms with E-state index in [4.69, 9.17) is 18.5 Å². The summed E-state index contributed by atoms with van der Waals surface area (Å²) in [5.41, 5.74) is 0. The smallest absolute Gasteiger partial charge is 0.462 e. The average Bonchev–Trinajstić information content (AvgIpc) is 3.61. The summed E-state index contributed by atoms with van der Waals surface area (Å²) in [6.45, 7) is 4.17. The highest BCUT2D eigenvalue weighted by molar-refractivity contribution is 7.47. The molecule has 0 heterocycles. The number of carbonyl (C=O) groups excluding carboxylic acids is 2. The van der Waals surface area contributed by atoms with Crippen LogP contribution < -0.4 is 0 Å². The van der Waals surface area contributed by atoms with Gasteiger partial charge in [-0.2, -0.15) is 0 Å². The van der Waals surface area contributed by atoms with Gasteiger partial charge in [-0.3, -0.25) is 18.6 Å². The van der Waals surface area contributed by atoms with E-state index in [0.717, 1.165) is 122 Å². The number of esters is 2. The van der Waals surface area contributed by atoms with Crippen molar-refractivity contribution in [2.24, 2.45) is 0 Å². The summed E-state index contributed by atoms with van der Waals surface area (Å²) >= 11 is 0. The molecule has 9 nitrogen and oxygen atoms in total. The van der Waals surface area contributed by atoms with E-state index < -0.39 is 32.5 Å². The molecule has 0 rings (SSSR count). The fourth-order valence-corrected chi connectivity index (χ4v) is 9.53. The van der Waals surface area contributed by atoms with Crippen LogP contribution in [0.4, 0.5) is 0 Å². The zero-order valence-electron chi connectivity index (χ0n) is 54.3. The van der Waals surface area contributed by atoms with Gasteiger partial charge in [-0.1, -0.05) is 275 Å². The van der Waals surface area contributed by atoms with Gasteiger partial charge in [0.25, 0.3) is 0 Å². The van der Waals surface area contributed by atoms with E-state index in [2.05, 4.69) is 160 Å².